The van der Waals surface area contributed by atoms with Crippen LogP contribution in [-0.2, 0) is 14.8 Å². The summed E-state index contributed by atoms with van der Waals surface area (Å²) in [6, 6.07) is 11.2. The van der Waals surface area contributed by atoms with Crippen molar-refractivity contribution in [2.24, 2.45) is 5.73 Å². The zero-order valence-corrected chi connectivity index (χ0v) is 19.5. The van der Waals surface area contributed by atoms with Crippen molar-refractivity contribution in [2.75, 3.05) is 24.7 Å². The van der Waals surface area contributed by atoms with E-state index in [1.165, 1.54) is 17.5 Å². The number of sulfonamides is 1. The predicted octanol–water partition coefficient (Wildman–Crippen LogP) is 3.25. The number of nitrogens with one attached hydrogen (secondary N) is 2. The quantitative estimate of drug-likeness (QED) is 0.534. The van der Waals surface area contributed by atoms with E-state index in [0.717, 1.165) is 39.0 Å². The Kier molecular flexibility index (Phi) is 5.85. The number of H-pyrrole nitrogens is 1. The van der Waals surface area contributed by atoms with Crippen molar-refractivity contribution in [3.63, 3.8) is 0 Å². The highest BCUT2D eigenvalue weighted by Gasteiger charge is 2.22. The van der Waals surface area contributed by atoms with Crippen molar-refractivity contribution in [3.8, 4) is 11.1 Å². The van der Waals surface area contributed by atoms with E-state index in [4.69, 9.17) is 5.73 Å². The number of fused-ring (bicyclic) bond motifs is 1. The van der Waals surface area contributed by atoms with Crippen molar-refractivity contribution < 1.29 is 18.0 Å². The monoisotopic (exact) mass is 466 g/mol. The Bertz CT molecular complexity index is 1420. The number of aromatic amines is 1. The molecule has 0 fully saturated rings. The smallest absolute Gasteiger partial charge is 0.250 e. The van der Waals surface area contributed by atoms with Gasteiger partial charge >= 0.3 is 0 Å². The number of rotatable bonds is 5. The van der Waals surface area contributed by atoms with E-state index >= 15 is 0 Å². The average molecular weight is 467 g/mol. The number of hydrogen-bond acceptors (Lipinski definition) is 4. The maximum absolute atomic E-state index is 12.1. The van der Waals surface area contributed by atoms with Crippen LogP contribution in [0.2, 0.25) is 0 Å². The number of carbonyl (C=O) groups is 2. The molecule has 2 aromatic carbocycles. The van der Waals surface area contributed by atoms with Crippen molar-refractivity contribution in [1.29, 1.82) is 0 Å². The van der Waals surface area contributed by atoms with Crippen LogP contribution in [0.25, 0.3) is 27.6 Å². The molecule has 0 atom stereocenters. The van der Waals surface area contributed by atoms with Gasteiger partial charge in [0.1, 0.15) is 0 Å². The fourth-order valence-electron chi connectivity index (χ4n) is 4.28. The largest absolute Gasteiger partial charge is 0.366 e. The van der Waals surface area contributed by atoms with E-state index in [2.05, 4.69) is 10.3 Å². The molecule has 0 radical (unpaired) electrons. The molecule has 1 aliphatic heterocycles. The molecule has 2 amide bonds. The number of amides is 2. The second kappa shape index (κ2) is 8.49. The highest BCUT2D eigenvalue weighted by atomic mass is 32.2. The number of anilines is 1. The second-order valence-corrected chi connectivity index (χ2v) is 10.2. The third-order valence-electron chi connectivity index (χ3n) is 5.98. The van der Waals surface area contributed by atoms with Gasteiger partial charge in [0.25, 0.3) is 5.91 Å². The van der Waals surface area contributed by atoms with Crippen LogP contribution in [0.3, 0.4) is 0 Å². The summed E-state index contributed by atoms with van der Waals surface area (Å²) in [4.78, 5) is 27.0. The molecule has 1 aromatic heterocycles. The summed E-state index contributed by atoms with van der Waals surface area (Å²) in [6.07, 6.45) is 3.65. The summed E-state index contributed by atoms with van der Waals surface area (Å²) in [5.74, 6) is -0.690. The van der Waals surface area contributed by atoms with E-state index in [-0.39, 0.29) is 5.91 Å². The highest BCUT2D eigenvalue weighted by Crippen LogP contribution is 2.37. The molecule has 8 nitrogen and oxygen atoms in total. The summed E-state index contributed by atoms with van der Waals surface area (Å²) in [6.45, 7) is 4.10. The lowest BCUT2D eigenvalue weighted by atomic mass is 9.94. The SMILES string of the molecule is CC(=O)Nc1cccc(-c2ccc(C(N)=O)c3[nH]c(C4=CCN(S(C)(=O)=O)CC4)cc23)c1C. The summed E-state index contributed by atoms with van der Waals surface area (Å²) in [7, 11) is -3.25. The third-order valence-corrected chi connectivity index (χ3v) is 7.25. The van der Waals surface area contributed by atoms with Crippen LogP contribution >= 0.6 is 0 Å². The molecule has 9 heteroatoms. The Morgan fingerprint density at radius 1 is 1.15 bits per heavy atom. The lowest BCUT2D eigenvalue weighted by Crippen LogP contribution is -2.33. The molecule has 0 bridgehead atoms. The van der Waals surface area contributed by atoms with Crippen LogP contribution in [-0.4, -0.2) is 48.9 Å². The molecule has 0 unspecified atom stereocenters. The number of nitrogens with two attached hydrogens (primary N) is 1. The number of nitrogens with zero attached hydrogens (tertiary/aromatic N) is 1. The summed E-state index contributed by atoms with van der Waals surface area (Å²) < 4.78 is 25.1. The van der Waals surface area contributed by atoms with Crippen LogP contribution in [0.5, 0.6) is 0 Å². The first-order valence-corrected chi connectivity index (χ1v) is 12.4. The molecule has 4 rings (SSSR count). The van der Waals surface area contributed by atoms with Gasteiger partial charge in [-0.3, -0.25) is 9.59 Å². The van der Waals surface area contributed by atoms with Gasteiger partial charge in [0.15, 0.2) is 0 Å². The number of primary amides is 1. The zero-order chi connectivity index (χ0) is 23.9. The molecule has 0 saturated heterocycles. The van der Waals surface area contributed by atoms with Gasteiger partial charge in [-0.05, 0) is 53.8 Å². The van der Waals surface area contributed by atoms with Gasteiger partial charge in [-0.25, -0.2) is 8.42 Å². The van der Waals surface area contributed by atoms with E-state index in [0.29, 0.717) is 30.6 Å². The molecule has 3 aromatic rings. The zero-order valence-electron chi connectivity index (χ0n) is 18.7. The number of aromatic nitrogens is 1. The summed E-state index contributed by atoms with van der Waals surface area (Å²) in [5, 5.41) is 3.68. The molecular formula is C24H26N4O4S. The standard InChI is InChI=1S/C24H26N4O4S/c1-14-17(5-4-6-21(14)26-15(2)29)18-7-8-19(24(25)30)23-20(18)13-22(27-23)16-9-11-28(12-10-16)33(3,31)32/h4-9,13,27H,10-12H2,1-3H3,(H2,25,30)(H,26,29). The Labute approximate surface area is 192 Å². The minimum atomic E-state index is -3.25. The first-order valence-electron chi connectivity index (χ1n) is 10.5. The molecule has 1 aliphatic rings. The van der Waals surface area contributed by atoms with E-state index < -0.39 is 15.9 Å². The van der Waals surface area contributed by atoms with Crippen LogP contribution in [0.1, 0.15) is 35.0 Å². The molecule has 2 heterocycles. The van der Waals surface area contributed by atoms with Gasteiger partial charge in [0, 0.05) is 36.8 Å². The highest BCUT2D eigenvalue weighted by molar-refractivity contribution is 7.88. The summed E-state index contributed by atoms with van der Waals surface area (Å²) >= 11 is 0. The van der Waals surface area contributed by atoms with Crippen molar-refractivity contribution in [2.45, 2.75) is 20.3 Å². The second-order valence-electron chi connectivity index (χ2n) is 8.26. The van der Waals surface area contributed by atoms with Crippen molar-refractivity contribution in [3.05, 3.63) is 59.3 Å². The van der Waals surface area contributed by atoms with E-state index in [1.807, 2.05) is 43.3 Å². The molecule has 4 N–H and O–H groups in total. The van der Waals surface area contributed by atoms with E-state index in [9.17, 15) is 18.0 Å². The fourth-order valence-corrected chi connectivity index (χ4v) is 5.05. The van der Waals surface area contributed by atoms with Gasteiger partial charge in [-0.15, -0.1) is 0 Å². The van der Waals surface area contributed by atoms with Crippen LogP contribution in [0.4, 0.5) is 5.69 Å². The van der Waals surface area contributed by atoms with Gasteiger partial charge in [-0.1, -0.05) is 24.3 Å². The van der Waals surface area contributed by atoms with Crippen LogP contribution < -0.4 is 11.1 Å². The minimum Gasteiger partial charge on any atom is -0.366 e. The molecular weight excluding hydrogens is 440 g/mol. The Morgan fingerprint density at radius 3 is 2.52 bits per heavy atom. The predicted molar refractivity (Wildman–Crippen MR) is 130 cm³/mol. The topological polar surface area (TPSA) is 125 Å². The Morgan fingerprint density at radius 2 is 1.91 bits per heavy atom. The van der Waals surface area contributed by atoms with Gasteiger partial charge in [-0.2, -0.15) is 4.31 Å². The fraction of sp³-hybridized carbons (Fsp3) is 0.250. The molecule has 0 aliphatic carbocycles. The summed E-state index contributed by atoms with van der Waals surface area (Å²) in [5.41, 5.74) is 11.9. The van der Waals surface area contributed by atoms with Gasteiger partial charge in [0.05, 0.1) is 17.3 Å². The number of carbonyl (C=O) groups excluding carboxylic acids is 2. The first kappa shape index (κ1) is 22.8. The maximum atomic E-state index is 12.1. The number of benzene rings is 2. The lowest BCUT2D eigenvalue weighted by molar-refractivity contribution is -0.114. The lowest BCUT2D eigenvalue weighted by Gasteiger charge is -2.23. The minimum absolute atomic E-state index is 0.152. The van der Waals surface area contributed by atoms with E-state index in [1.54, 1.807) is 6.07 Å². The molecule has 33 heavy (non-hydrogen) atoms. The van der Waals surface area contributed by atoms with Crippen molar-refractivity contribution >= 4 is 44.0 Å². The van der Waals surface area contributed by atoms with Gasteiger partial charge < -0.3 is 16.0 Å². The van der Waals surface area contributed by atoms with Crippen LogP contribution in [0, 0.1) is 6.92 Å². The van der Waals surface area contributed by atoms with Gasteiger partial charge in [0.2, 0.25) is 15.9 Å². The molecule has 172 valence electrons. The van der Waals surface area contributed by atoms with Crippen LogP contribution in [0.15, 0.2) is 42.5 Å². The third kappa shape index (κ3) is 4.42. The first-order chi connectivity index (χ1) is 15.6. The Balaban J connectivity index is 1.85. The molecule has 0 saturated carbocycles. The Hall–Kier alpha value is -3.43. The normalized spacial score (nSPS) is 14.8. The number of hydrogen-bond donors (Lipinski definition) is 3. The van der Waals surface area contributed by atoms with Crippen molar-refractivity contribution in [1.82, 2.24) is 9.29 Å². The molecule has 0 spiro atoms. The maximum Gasteiger partial charge on any atom is 0.250 e. The average Bonchev–Trinajstić information content (AvgIpc) is 3.19.